The Kier molecular flexibility index (Phi) is 6.78. The molecule has 4 aromatic rings. The van der Waals surface area contributed by atoms with E-state index in [2.05, 4.69) is 0 Å². The number of rotatable bonds is 7. The van der Waals surface area contributed by atoms with Gasteiger partial charge in [0, 0.05) is 11.6 Å². The van der Waals surface area contributed by atoms with E-state index in [0.717, 1.165) is 11.6 Å². The standard InChI is InChI=1S/C28H22FNO4/c1-2-34-28(33)23-17-24(31)30(18-19-9-5-3-6-10-19)26(20-11-7-4-8-12-20)25(23)27(32)21-13-15-22(29)16-14-21/h3-17H,2,18H2,1H3. The van der Waals surface area contributed by atoms with E-state index in [9.17, 15) is 18.8 Å². The zero-order valence-electron chi connectivity index (χ0n) is 18.5. The summed E-state index contributed by atoms with van der Waals surface area (Å²) in [7, 11) is 0. The minimum absolute atomic E-state index is 0.0341. The predicted octanol–water partition coefficient (Wildman–Crippen LogP) is 5.11. The molecule has 4 rings (SSSR count). The number of hydrogen-bond donors (Lipinski definition) is 0. The van der Waals surface area contributed by atoms with E-state index in [0.29, 0.717) is 11.3 Å². The maximum Gasteiger partial charge on any atom is 0.339 e. The third-order valence-electron chi connectivity index (χ3n) is 5.37. The van der Waals surface area contributed by atoms with Crippen LogP contribution in [-0.2, 0) is 11.3 Å². The second-order valence-corrected chi connectivity index (χ2v) is 7.61. The van der Waals surface area contributed by atoms with E-state index in [1.165, 1.54) is 28.8 Å². The molecule has 6 heteroatoms. The van der Waals surface area contributed by atoms with Gasteiger partial charge in [-0.05, 0) is 42.3 Å². The van der Waals surface area contributed by atoms with E-state index in [-0.39, 0.29) is 29.8 Å². The highest BCUT2D eigenvalue weighted by atomic mass is 19.1. The van der Waals surface area contributed by atoms with Crippen LogP contribution in [0, 0.1) is 5.82 Å². The number of ether oxygens (including phenoxy) is 1. The number of aromatic nitrogens is 1. The Balaban J connectivity index is 2.05. The third kappa shape index (κ3) is 4.71. The minimum Gasteiger partial charge on any atom is -0.462 e. The number of halogens is 1. The number of hydrogen-bond acceptors (Lipinski definition) is 4. The van der Waals surface area contributed by atoms with Gasteiger partial charge in [0.2, 0.25) is 0 Å². The molecule has 1 heterocycles. The highest BCUT2D eigenvalue weighted by Gasteiger charge is 2.28. The van der Waals surface area contributed by atoms with Crippen LogP contribution >= 0.6 is 0 Å². The molecule has 3 aromatic carbocycles. The first kappa shape index (κ1) is 22.9. The van der Waals surface area contributed by atoms with Crippen LogP contribution in [0.3, 0.4) is 0 Å². The van der Waals surface area contributed by atoms with Crippen molar-refractivity contribution in [1.29, 1.82) is 0 Å². The lowest BCUT2D eigenvalue weighted by Crippen LogP contribution is -2.28. The predicted molar refractivity (Wildman–Crippen MR) is 127 cm³/mol. The average Bonchev–Trinajstić information content (AvgIpc) is 2.86. The molecule has 0 aliphatic rings. The summed E-state index contributed by atoms with van der Waals surface area (Å²) >= 11 is 0. The highest BCUT2D eigenvalue weighted by Crippen LogP contribution is 2.29. The lowest BCUT2D eigenvalue weighted by Gasteiger charge is -2.20. The Hall–Kier alpha value is -4.32. The first-order chi connectivity index (χ1) is 16.5. The van der Waals surface area contributed by atoms with Crippen molar-refractivity contribution in [2.24, 2.45) is 0 Å². The van der Waals surface area contributed by atoms with Gasteiger partial charge in [0.1, 0.15) is 5.82 Å². The summed E-state index contributed by atoms with van der Waals surface area (Å²) in [5, 5.41) is 0. The van der Waals surface area contributed by atoms with Crippen molar-refractivity contribution in [3.8, 4) is 11.3 Å². The lowest BCUT2D eigenvalue weighted by molar-refractivity contribution is 0.0523. The van der Waals surface area contributed by atoms with E-state index in [1.807, 2.05) is 36.4 Å². The smallest absolute Gasteiger partial charge is 0.339 e. The van der Waals surface area contributed by atoms with Gasteiger partial charge in [0.05, 0.1) is 30.0 Å². The Morgan fingerprint density at radius 3 is 2.12 bits per heavy atom. The van der Waals surface area contributed by atoms with Crippen LogP contribution < -0.4 is 5.56 Å². The molecular formula is C28H22FNO4. The molecule has 0 amide bonds. The number of carbonyl (C=O) groups is 2. The first-order valence-corrected chi connectivity index (χ1v) is 10.8. The number of nitrogens with zero attached hydrogens (tertiary/aromatic N) is 1. The van der Waals surface area contributed by atoms with Gasteiger partial charge in [-0.15, -0.1) is 0 Å². The van der Waals surface area contributed by atoms with Crippen LogP contribution in [0.2, 0.25) is 0 Å². The topological polar surface area (TPSA) is 65.4 Å². The van der Waals surface area contributed by atoms with Crippen molar-refractivity contribution in [2.45, 2.75) is 13.5 Å². The van der Waals surface area contributed by atoms with Gasteiger partial charge < -0.3 is 9.30 Å². The fraction of sp³-hybridized carbons (Fsp3) is 0.107. The van der Waals surface area contributed by atoms with Gasteiger partial charge in [-0.2, -0.15) is 0 Å². The van der Waals surface area contributed by atoms with Crippen molar-refractivity contribution in [1.82, 2.24) is 4.57 Å². The zero-order chi connectivity index (χ0) is 24.1. The molecule has 1 aromatic heterocycles. The van der Waals surface area contributed by atoms with Crippen LogP contribution in [-0.4, -0.2) is 22.9 Å². The van der Waals surface area contributed by atoms with E-state index in [1.54, 1.807) is 31.2 Å². The number of pyridine rings is 1. The Morgan fingerprint density at radius 2 is 1.50 bits per heavy atom. The Labute approximate surface area is 196 Å². The second kappa shape index (κ2) is 10.1. The van der Waals surface area contributed by atoms with Crippen LogP contribution in [0.15, 0.2) is 95.8 Å². The molecule has 0 fully saturated rings. The quantitative estimate of drug-likeness (QED) is 0.287. The summed E-state index contributed by atoms with van der Waals surface area (Å²) in [6, 6.07) is 24.5. The molecule has 5 nitrogen and oxygen atoms in total. The Bertz CT molecular complexity index is 1380. The largest absolute Gasteiger partial charge is 0.462 e. The molecule has 0 bridgehead atoms. The van der Waals surface area contributed by atoms with Gasteiger partial charge in [-0.25, -0.2) is 9.18 Å². The summed E-state index contributed by atoms with van der Waals surface area (Å²) in [5.74, 6) is -1.77. The lowest BCUT2D eigenvalue weighted by atomic mass is 9.93. The summed E-state index contributed by atoms with van der Waals surface area (Å²) in [6.07, 6.45) is 0. The first-order valence-electron chi connectivity index (χ1n) is 10.8. The van der Waals surface area contributed by atoms with E-state index >= 15 is 0 Å². The summed E-state index contributed by atoms with van der Waals surface area (Å²) < 4.78 is 20.2. The number of esters is 1. The molecule has 170 valence electrons. The van der Waals surface area contributed by atoms with Gasteiger partial charge in [-0.3, -0.25) is 9.59 Å². The molecule has 0 aliphatic carbocycles. The van der Waals surface area contributed by atoms with Gasteiger partial charge in [-0.1, -0.05) is 60.7 Å². The summed E-state index contributed by atoms with van der Waals surface area (Å²) in [5.41, 5.74) is 1.40. The van der Waals surface area contributed by atoms with Crippen LogP contribution in [0.5, 0.6) is 0 Å². The second-order valence-electron chi connectivity index (χ2n) is 7.61. The van der Waals surface area contributed by atoms with Crippen molar-refractivity contribution in [3.05, 3.63) is 129 Å². The highest BCUT2D eigenvalue weighted by molar-refractivity contribution is 6.17. The fourth-order valence-electron chi connectivity index (χ4n) is 3.81. The van der Waals surface area contributed by atoms with Crippen molar-refractivity contribution < 1.29 is 18.7 Å². The van der Waals surface area contributed by atoms with Crippen molar-refractivity contribution >= 4 is 11.8 Å². The number of benzene rings is 3. The minimum atomic E-state index is -0.769. The molecule has 0 unspecified atom stereocenters. The molecule has 34 heavy (non-hydrogen) atoms. The van der Waals surface area contributed by atoms with Gasteiger partial charge >= 0.3 is 5.97 Å². The van der Waals surface area contributed by atoms with Crippen LogP contribution in [0.1, 0.15) is 38.8 Å². The normalized spacial score (nSPS) is 10.6. The monoisotopic (exact) mass is 455 g/mol. The third-order valence-corrected chi connectivity index (χ3v) is 5.37. The van der Waals surface area contributed by atoms with Crippen LogP contribution in [0.4, 0.5) is 4.39 Å². The molecule has 0 N–H and O–H groups in total. The van der Waals surface area contributed by atoms with Crippen molar-refractivity contribution in [3.63, 3.8) is 0 Å². The van der Waals surface area contributed by atoms with Gasteiger partial charge in [0.25, 0.3) is 5.56 Å². The molecule has 0 spiro atoms. The number of carbonyl (C=O) groups excluding carboxylic acids is 2. The maximum absolute atomic E-state index is 13.8. The molecule has 0 radical (unpaired) electrons. The fourth-order valence-corrected chi connectivity index (χ4v) is 3.81. The molecule has 0 atom stereocenters. The van der Waals surface area contributed by atoms with E-state index < -0.39 is 23.1 Å². The molecule has 0 saturated carbocycles. The number of ketones is 1. The summed E-state index contributed by atoms with van der Waals surface area (Å²) in [6.45, 7) is 1.92. The molecule has 0 aliphatic heterocycles. The zero-order valence-corrected chi connectivity index (χ0v) is 18.5. The maximum atomic E-state index is 13.8. The Morgan fingerprint density at radius 1 is 0.882 bits per heavy atom. The van der Waals surface area contributed by atoms with E-state index in [4.69, 9.17) is 4.74 Å². The molecular weight excluding hydrogens is 433 g/mol. The van der Waals surface area contributed by atoms with Crippen molar-refractivity contribution in [2.75, 3.05) is 6.61 Å². The summed E-state index contributed by atoms with van der Waals surface area (Å²) in [4.78, 5) is 39.9. The SMILES string of the molecule is CCOC(=O)c1cc(=O)n(Cc2ccccc2)c(-c2ccccc2)c1C(=O)c1ccc(F)cc1. The molecule has 0 saturated heterocycles. The average molecular weight is 455 g/mol. The van der Waals surface area contributed by atoms with Crippen LogP contribution in [0.25, 0.3) is 11.3 Å². The van der Waals surface area contributed by atoms with Gasteiger partial charge in [0.15, 0.2) is 5.78 Å².